The summed E-state index contributed by atoms with van der Waals surface area (Å²) in [7, 11) is 0. The van der Waals surface area contributed by atoms with Crippen molar-refractivity contribution >= 4 is 18.3 Å². The summed E-state index contributed by atoms with van der Waals surface area (Å²) in [5.74, 6) is 2.90. The number of halogens is 1. The maximum atomic E-state index is 13.6. The maximum absolute atomic E-state index is 13.6. The van der Waals surface area contributed by atoms with E-state index in [0.717, 1.165) is 31.5 Å². The van der Waals surface area contributed by atoms with E-state index in [0.29, 0.717) is 22.7 Å². The van der Waals surface area contributed by atoms with Crippen LogP contribution in [0.4, 0.5) is 0 Å². The van der Waals surface area contributed by atoms with E-state index in [1.54, 1.807) is 0 Å². The molecule has 2 aliphatic heterocycles. The Kier molecular flexibility index (Phi) is 3.83. The molecule has 4 bridgehead atoms. The molecule has 6 fully saturated rings. The smallest absolute Gasteiger partial charge is 0.228 e. The molecule has 4 aliphatic carbocycles. The summed E-state index contributed by atoms with van der Waals surface area (Å²) in [5.41, 5.74) is 0.885. The fourth-order valence-corrected chi connectivity index (χ4v) is 8.24. The molecule has 4 unspecified atom stereocenters. The second kappa shape index (κ2) is 5.36. The number of likely N-dealkylation sites (tertiary alicyclic amines) is 1. The van der Waals surface area contributed by atoms with Crippen molar-refractivity contribution in [1.29, 1.82) is 0 Å². The summed E-state index contributed by atoms with van der Waals surface area (Å²) < 4.78 is 0. The third-order valence-corrected chi connectivity index (χ3v) is 8.07. The largest absolute Gasteiger partial charge is 0.342 e. The number of fused-ring (bicyclic) bond motifs is 1. The van der Waals surface area contributed by atoms with Gasteiger partial charge in [-0.1, -0.05) is 13.8 Å². The lowest BCUT2D eigenvalue weighted by atomic mass is 9.40. The van der Waals surface area contributed by atoms with Gasteiger partial charge < -0.3 is 10.2 Å². The highest BCUT2D eigenvalue weighted by atomic mass is 35.5. The van der Waals surface area contributed by atoms with Crippen LogP contribution in [0, 0.1) is 34.0 Å². The zero-order valence-corrected chi connectivity index (χ0v) is 16.1. The topological polar surface area (TPSA) is 32.3 Å². The van der Waals surface area contributed by atoms with E-state index in [1.807, 2.05) is 0 Å². The van der Waals surface area contributed by atoms with Gasteiger partial charge in [-0.05, 0) is 86.6 Å². The van der Waals surface area contributed by atoms with Crippen LogP contribution < -0.4 is 5.32 Å². The molecule has 0 spiro atoms. The lowest BCUT2D eigenvalue weighted by Crippen LogP contribution is -2.61. The van der Waals surface area contributed by atoms with Crippen LogP contribution >= 0.6 is 12.4 Å². The maximum Gasteiger partial charge on any atom is 0.228 e. The standard InChI is InChI=1S/C20H32N2O.ClH/c1-18-5-14-6-19(2,11-18)13-20(7-14,12-18)17(23)22-4-3-15-8-21-9-16(15)10-22;/h14-16,21H,3-13H2,1-2H3;1H. The zero-order valence-electron chi connectivity index (χ0n) is 15.3. The predicted molar refractivity (Wildman–Crippen MR) is 98.1 cm³/mol. The number of piperidine rings is 1. The summed E-state index contributed by atoms with van der Waals surface area (Å²) in [5, 5.41) is 3.53. The molecule has 1 N–H and O–H groups in total. The minimum atomic E-state index is 0. The van der Waals surface area contributed by atoms with Gasteiger partial charge in [0, 0.05) is 13.1 Å². The molecule has 4 heteroatoms. The van der Waals surface area contributed by atoms with E-state index in [9.17, 15) is 4.79 Å². The quantitative estimate of drug-likeness (QED) is 0.783. The minimum absolute atomic E-state index is 0. The Balaban J connectivity index is 0.00000146. The highest BCUT2D eigenvalue weighted by Crippen LogP contribution is 2.69. The number of carbonyl (C=O) groups excluding carboxylic acids is 1. The number of nitrogens with zero attached hydrogens (tertiary/aromatic N) is 1. The summed E-state index contributed by atoms with van der Waals surface area (Å²) in [6.45, 7) is 9.29. The monoisotopic (exact) mass is 352 g/mol. The van der Waals surface area contributed by atoms with Crippen molar-refractivity contribution < 1.29 is 4.79 Å². The van der Waals surface area contributed by atoms with Gasteiger partial charge >= 0.3 is 0 Å². The van der Waals surface area contributed by atoms with Crippen molar-refractivity contribution in [3.8, 4) is 0 Å². The van der Waals surface area contributed by atoms with Gasteiger partial charge in [-0.2, -0.15) is 0 Å². The first kappa shape index (κ1) is 17.1. The summed E-state index contributed by atoms with van der Waals surface area (Å²) in [6, 6.07) is 0. The van der Waals surface area contributed by atoms with Crippen LogP contribution in [0.15, 0.2) is 0 Å². The van der Waals surface area contributed by atoms with Gasteiger partial charge in [-0.3, -0.25) is 4.79 Å². The van der Waals surface area contributed by atoms with Gasteiger partial charge in [0.15, 0.2) is 0 Å². The first-order valence-corrected chi connectivity index (χ1v) is 9.89. The lowest BCUT2D eigenvalue weighted by molar-refractivity contribution is -0.181. The molecule has 4 atom stereocenters. The van der Waals surface area contributed by atoms with Crippen molar-refractivity contribution in [2.45, 2.75) is 58.8 Å². The van der Waals surface area contributed by atoms with Crippen molar-refractivity contribution in [3.05, 3.63) is 0 Å². The molecule has 0 aromatic carbocycles. The van der Waals surface area contributed by atoms with Crippen molar-refractivity contribution in [1.82, 2.24) is 10.2 Å². The summed E-state index contributed by atoms with van der Waals surface area (Å²) in [6.07, 6.45) is 8.89. The van der Waals surface area contributed by atoms with Crippen LogP contribution in [0.5, 0.6) is 0 Å². The molecule has 2 saturated heterocycles. The molecule has 6 aliphatic rings. The molecule has 1 amide bonds. The van der Waals surface area contributed by atoms with Crippen LogP contribution in [-0.2, 0) is 4.79 Å². The second-order valence-corrected chi connectivity index (χ2v) is 10.6. The number of hydrogen-bond acceptors (Lipinski definition) is 2. The van der Waals surface area contributed by atoms with E-state index < -0.39 is 0 Å². The number of carbonyl (C=O) groups is 1. The Morgan fingerprint density at radius 1 is 1.00 bits per heavy atom. The molecule has 2 heterocycles. The van der Waals surface area contributed by atoms with E-state index in [-0.39, 0.29) is 17.8 Å². The molecule has 6 rings (SSSR count). The summed E-state index contributed by atoms with van der Waals surface area (Å²) in [4.78, 5) is 15.9. The van der Waals surface area contributed by atoms with E-state index in [1.165, 1.54) is 51.5 Å². The molecule has 0 aromatic heterocycles. The lowest BCUT2D eigenvalue weighted by Gasteiger charge is -2.65. The molecule has 3 nitrogen and oxygen atoms in total. The Morgan fingerprint density at radius 3 is 2.33 bits per heavy atom. The second-order valence-electron chi connectivity index (χ2n) is 10.6. The van der Waals surface area contributed by atoms with Crippen LogP contribution in [0.1, 0.15) is 58.8 Å². The van der Waals surface area contributed by atoms with Crippen LogP contribution in [0.2, 0.25) is 0 Å². The van der Waals surface area contributed by atoms with Crippen LogP contribution in [-0.4, -0.2) is 37.0 Å². The minimum Gasteiger partial charge on any atom is -0.342 e. The van der Waals surface area contributed by atoms with Gasteiger partial charge in [0.1, 0.15) is 0 Å². The predicted octanol–water partition coefficient (Wildman–Crippen LogP) is 3.47. The number of hydrogen-bond donors (Lipinski definition) is 1. The Morgan fingerprint density at radius 2 is 1.67 bits per heavy atom. The Bertz CT molecular complexity index is 532. The van der Waals surface area contributed by atoms with Gasteiger partial charge in [0.25, 0.3) is 0 Å². The first-order chi connectivity index (χ1) is 10.9. The number of amides is 1. The fraction of sp³-hybridized carbons (Fsp3) is 0.950. The van der Waals surface area contributed by atoms with E-state index in [2.05, 4.69) is 24.1 Å². The van der Waals surface area contributed by atoms with Crippen molar-refractivity contribution in [3.63, 3.8) is 0 Å². The summed E-state index contributed by atoms with van der Waals surface area (Å²) >= 11 is 0. The third kappa shape index (κ3) is 2.45. The van der Waals surface area contributed by atoms with Crippen LogP contribution in [0.25, 0.3) is 0 Å². The SMILES string of the molecule is CC12CC3CC(C)(C1)CC(C(=O)N1CCC4CNCC4C1)(C3)C2.Cl. The fourth-order valence-electron chi connectivity index (χ4n) is 8.24. The Hall–Kier alpha value is -0.280. The van der Waals surface area contributed by atoms with E-state index in [4.69, 9.17) is 0 Å². The van der Waals surface area contributed by atoms with Crippen molar-refractivity contribution in [2.24, 2.45) is 34.0 Å². The highest BCUT2D eigenvalue weighted by Gasteiger charge is 2.63. The molecule has 4 saturated carbocycles. The average Bonchev–Trinajstić information content (AvgIpc) is 2.89. The molecule has 136 valence electrons. The normalized spacial score (nSPS) is 52.1. The van der Waals surface area contributed by atoms with E-state index >= 15 is 0 Å². The zero-order chi connectivity index (χ0) is 15.9. The molecule has 0 aromatic rings. The molecular weight excluding hydrogens is 320 g/mol. The number of rotatable bonds is 1. The third-order valence-electron chi connectivity index (χ3n) is 8.07. The van der Waals surface area contributed by atoms with Gasteiger partial charge in [0.05, 0.1) is 5.41 Å². The average molecular weight is 353 g/mol. The van der Waals surface area contributed by atoms with Gasteiger partial charge in [-0.15, -0.1) is 12.4 Å². The molecule has 0 radical (unpaired) electrons. The van der Waals surface area contributed by atoms with Crippen LogP contribution in [0.3, 0.4) is 0 Å². The number of nitrogens with one attached hydrogen (secondary N) is 1. The molecular formula is C20H33ClN2O. The first-order valence-electron chi connectivity index (χ1n) is 9.89. The van der Waals surface area contributed by atoms with Crippen molar-refractivity contribution in [2.75, 3.05) is 26.2 Å². The van der Waals surface area contributed by atoms with Gasteiger partial charge in [-0.25, -0.2) is 0 Å². The Labute approximate surface area is 152 Å². The molecule has 24 heavy (non-hydrogen) atoms. The highest BCUT2D eigenvalue weighted by molar-refractivity contribution is 5.85. The van der Waals surface area contributed by atoms with Gasteiger partial charge in [0.2, 0.25) is 5.91 Å².